The normalized spacial score (nSPS) is 13.9. The number of hydrogen-bond acceptors (Lipinski definition) is 3. The lowest BCUT2D eigenvalue weighted by atomic mass is 10.1. The van der Waals surface area contributed by atoms with Gasteiger partial charge in [-0.15, -0.1) is 0 Å². The second-order valence-corrected chi connectivity index (χ2v) is 7.90. The molecule has 31 heavy (non-hydrogen) atoms. The van der Waals surface area contributed by atoms with Gasteiger partial charge in [-0.2, -0.15) is 0 Å². The molecule has 0 atom stereocenters. The number of anilines is 1. The minimum Gasteiger partial charge on any atom is -0.336 e. The number of para-hydroxylation sites is 1. The largest absolute Gasteiger partial charge is 0.336 e. The van der Waals surface area contributed by atoms with Crippen molar-refractivity contribution < 1.29 is 9.59 Å². The number of rotatable bonds is 6. The molecule has 1 heterocycles. The molecule has 2 aromatic rings. The molecule has 2 aromatic carbocycles. The van der Waals surface area contributed by atoms with E-state index >= 15 is 0 Å². The Kier molecular flexibility index (Phi) is 8.26. The summed E-state index contributed by atoms with van der Waals surface area (Å²) in [5.41, 5.74) is 2.31. The second kappa shape index (κ2) is 11.3. The van der Waals surface area contributed by atoms with Crippen LogP contribution in [0.15, 0.2) is 54.6 Å². The van der Waals surface area contributed by atoms with Gasteiger partial charge in [-0.05, 0) is 43.8 Å². The van der Waals surface area contributed by atoms with E-state index in [1.54, 1.807) is 4.90 Å². The van der Waals surface area contributed by atoms with Crippen molar-refractivity contribution in [3.8, 4) is 11.8 Å². The first-order valence-electron chi connectivity index (χ1n) is 11.0. The Morgan fingerprint density at radius 2 is 1.74 bits per heavy atom. The summed E-state index contributed by atoms with van der Waals surface area (Å²) in [6.45, 7) is 5.69. The molecule has 1 fully saturated rings. The first-order valence-corrected chi connectivity index (χ1v) is 11.0. The number of amides is 2. The first-order chi connectivity index (χ1) is 15.1. The first kappa shape index (κ1) is 22.6. The van der Waals surface area contributed by atoms with Crippen LogP contribution in [-0.4, -0.2) is 61.4 Å². The Morgan fingerprint density at radius 1 is 1.00 bits per heavy atom. The molecule has 0 saturated carbocycles. The van der Waals surface area contributed by atoms with Crippen molar-refractivity contribution >= 4 is 17.5 Å². The van der Waals surface area contributed by atoms with Crippen LogP contribution in [0.2, 0.25) is 0 Å². The Bertz CT molecular complexity index is 938. The number of nitrogens with zero attached hydrogens (tertiary/aromatic N) is 3. The van der Waals surface area contributed by atoms with Crippen LogP contribution >= 0.6 is 0 Å². The summed E-state index contributed by atoms with van der Waals surface area (Å²) in [6.07, 6.45) is 2.36. The van der Waals surface area contributed by atoms with Crippen molar-refractivity contribution in [2.45, 2.75) is 26.2 Å². The topological polar surface area (TPSA) is 43.9 Å². The summed E-state index contributed by atoms with van der Waals surface area (Å²) in [4.78, 5) is 31.4. The van der Waals surface area contributed by atoms with E-state index < -0.39 is 0 Å². The molecule has 5 heteroatoms. The van der Waals surface area contributed by atoms with Gasteiger partial charge in [-0.25, -0.2) is 0 Å². The maximum atomic E-state index is 12.8. The smallest absolute Gasteiger partial charge is 0.253 e. The van der Waals surface area contributed by atoms with Crippen LogP contribution < -0.4 is 4.90 Å². The summed E-state index contributed by atoms with van der Waals surface area (Å²) in [6, 6.07) is 17.1. The summed E-state index contributed by atoms with van der Waals surface area (Å²) in [5, 5.41) is 0. The monoisotopic (exact) mass is 417 g/mol. The van der Waals surface area contributed by atoms with Gasteiger partial charge in [0.25, 0.3) is 5.91 Å². The highest BCUT2D eigenvalue weighted by molar-refractivity contribution is 5.95. The van der Waals surface area contributed by atoms with Crippen LogP contribution in [0.3, 0.4) is 0 Å². The fraction of sp³-hybridized carbons (Fsp3) is 0.385. The van der Waals surface area contributed by atoms with Crippen molar-refractivity contribution in [2.75, 3.05) is 44.7 Å². The average molecular weight is 418 g/mol. The number of carbonyl (C=O) groups excluding carboxylic acids is 2. The molecular formula is C26H31N3O2. The van der Waals surface area contributed by atoms with E-state index in [0.29, 0.717) is 18.5 Å². The summed E-state index contributed by atoms with van der Waals surface area (Å²) in [5.74, 6) is 6.41. The minimum atomic E-state index is 0.0532. The molecule has 5 nitrogen and oxygen atoms in total. The third-order valence-electron chi connectivity index (χ3n) is 5.48. The van der Waals surface area contributed by atoms with E-state index in [9.17, 15) is 9.59 Å². The predicted octanol–water partition coefficient (Wildman–Crippen LogP) is 3.65. The molecular weight excluding hydrogens is 386 g/mol. The zero-order valence-corrected chi connectivity index (χ0v) is 18.5. The number of piperazine rings is 1. The number of benzene rings is 2. The van der Waals surface area contributed by atoms with Crippen LogP contribution in [0.25, 0.3) is 0 Å². The highest BCUT2D eigenvalue weighted by Crippen LogP contribution is 2.15. The van der Waals surface area contributed by atoms with Crippen molar-refractivity contribution in [1.29, 1.82) is 0 Å². The molecule has 2 amide bonds. The highest BCUT2D eigenvalue weighted by atomic mass is 16.2. The molecule has 162 valence electrons. The average Bonchev–Trinajstić information content (AvgIpc) is 2.81. The summed E-state index contributed by atoms with van der Waals surface area (Å²) in [7, 11) is 2.07. The van der Waals surface area contributed by atoms with Gasteiger partial charge in [0, 0.05) is 49.4 Å². The van der Waals surface area contributed by atoms with E-state index in [2.05, 4.69) is 30.7 Å². The van der Waals surface area contributed by atoms with Gasteiger partial charge in [0.1, 0.15) is 0 Å². The Labute approximate surface area is 185 Å². The third kappa shape index (κ3) is 6.44. The van der Waals surface area contributed by atoms with Crippen LogP contribution in [0.4, 0.5) is 5.69 Å². The molecule has 1 aliphatic heterocycles. The standard InChI is InChI=1S/C26H31N3O2/c1-3-4-15-25(30)29(24-13-6-5-7-14-24)16-9-11-22-10-8-12-23(21-22)26(31)28-19-17-27(2)18-20-28/h5-8,10,12-14,21H,3-4,15-20H2,1-2H3. The maximum Gasteiger partial charge on any atom is 0.253 e. The SMILES string of the molecule is CCCCC(=O)N(CC#Cc1cccc(C(=O)N2CCN(C)CC2)c1)c1ccccc1. The fourth-order valence-electron chi connectivity index (χ4n) is 3.54. The van der Waals surface area contributed by atoms with Gasteiger partial charge in [-0.1, -0.05) is 49.5 Å². The number of unbranched alkanes of at least 4 members (excludes halogenated alkanes) is 1. The Balaban J connectivity index is 1.70. The van der Waals surface area contributed by atoms with Crippen LogP contribution in [0, 0.1) is 11.8 Å². The van der Waals surface area contributed by atoms with E-state index in [0.717, 1.165) is 50.3 Å². The molecule has 3 rings (SSSR count). The van der Waals surface area contributed by atoms with Gasteiger partial charge < -0.3 is 14.7 Å². The Morgan fingerprint density at radius 3 is 2.45 bits per heavy atom. The zero-order chi connectivity index (χ0) is 22.1. The molecule has 0 aliphatic carbocycles. The van der Waals surface area contributed by atoms with Crippen LogP contribution in [0.5, 0.6) is 0 Å². The molecule has 0 spiro atoms. The van der Waals surface area contributed by atoms with Gasteiger partial charge in [-0.3, -0.25) is 9.59 Å². The number of likely N-dealkylation sites (N-methyl/N-ethyl adjacent to an activating group) is 1. The minimum absolute atomic E-state index is 0.0532. The molecule has 0 N–H and O–H groups in total. The lowest BCUT2D eigenvalue weighted by molar-refractivity contribution is -0.118. The highest BCUT2D eigenvalue weighted by Gasteiger charge is 2.20. The quantitative estimate of drug-likeness (QED) is 0.674. The molecule has 0 aromatic heterocycles. The van der Waals surface area contributed by atoms with Crippen molar-refractivity contribution in [2.24, 2.45) is 0 Å². The van der Waals surface area contributed by atoms with E-state index in [4.69, 9.17) is 0 Å². The van der Waals surface area contributed by atoms with Crippen molar-refractivity contribution in [3.05, 3.63) is 65.7 Å². The predicted molar refractivity (Wildman–Crippen MR) is 125 cm³/mol. The fourth-order valence-corrected chi connectivity index (χ4v) is 3.54. The third-order valence-corrected chi connectivity index (χ3v) is 5.48. The molecule has 1 saturated heterocycles. The Hall–Kier alpha value is -3.10. The molecule has 0 radical (unpaired) electrons. The summed E-state index contributed by atoms with van der Waals surface area (Å²) >= 11 is 0. The van der Waals surface area contributed by atoms with Crippen LogP contribution in [-0.2, 0) is 4.79 Å². The van der Waals surface area contributed by atoms with E-state index in [-0.39, 0.29) is 11.8 Å². The second-order valence-electron chi connectivity index (χ2n) is 7.90. The van der Waals surface area contributed by atoms with E-state index in [1.807, 2.05) is 59.5 Å². The number of hydrogen-bond donors (Lipinski definition) is 0. The van der Waals surface area contributed by atoms with E-state index in [1.165, 1.54) is 0 Å². The summed E-state index contributed by atoms with van der Waals surface area (Å²) < 4.78 is 0. The number of carbonyl (C=O) groups is 2. The van der Waals surface area contributed by atoms with Crippen molar-refractivity contribution in [1.82, 2.24) is 9.80 Å². The van der Waals surface area contributed by atoms with Gasteiger partial charge >= 0.3 is 0 Å². The van der Waals surface area contributed by atoms with Crippen molar-refractivity contribution in [3.63, 3.8) is 0 Å². The van der Waals surface area contributed by atoms with Gasteiger partial charge in [0.15, 0.2) is 0 Å². The lowest BCUT2D eigenvalue weighted by Gasteiger charge is -2.32. The van der Waals surface area contributed by atoms with Gasteiger partial charge in [0.2, 0.25) is 5.91 Å². The molecule has 0 unspecified atom stereocenters. The zero-order valence-electron chi connectivity index (χ0n) is 18.5. The molecule has 1 aliphatic rings. The lowest BCUT2D eigenvalue weighted by Crippen LogP contribution is -2.47. The van der Waals surface area contributed by atoms with Gasteiger partial charge in [0.05, 0.1) is 6.54 Å². The molecule has 0 bridgehead atoms. The maximum absolute atomic E-state index is 12.8. The van der Waals surface area contributed by atoms with Crippen LogP contribution in [0.1, 0.15) is 42.1 Å².